The second kappa shape index (κ2) is 6.24. The molecule has 7 atom stereocenters. The van der Waals surface area contributed by atoms with E-state index < -0.39 is 17.5 Å². The van der Waals surface area contributed by atoms with Gasteiger partial charge in [0.05, 0.1) is 12.0 Å². The molecule has 7 heteroatoms. The average molecular weight is 430 g/mol. The van der Waals surface area contributed by atoms with Crippen molar-refractivity contribution in [3.63, 3.8) is 0 Å². The van der Waals surface area contributed by atoms with Crippen molar-refractivity contribution in [3.05, 3.63) is 27.8 Å². The normalized spacial score (nSPS) is 40.6. The fourth-order valence-corrected chi connectivity index (χ4v) is 6.07. The Morgan fingerprint density at radius 2 is 1.74 bits per heavy atom. The number of rotatable bonds is 1. The standard InChI is InChI=1S/C24H30O7/c1-9-13(5)29-22-17(9)11(3)21-15(20(22)26)8-16-19(25)12(4)18-10(2)14(6)30-24(18,28-7)23(16,27)31-21/h9-10,13-14,16,26-27H,8H2,1-7H3/t9-,10-,13-,14-,16+,23-,24-/m1/s1. The van der Waals surface area contributed by atoms with E-state index >= 15 is 0 Å². The number of hydrogen-bond acceptors (Lipinski definition) is 7. The van der Waals surface area contributed by atoms with Gasteiger partial charge in [0.1, 0.15) is 11.9 Å². The number of Topliss-reactive ketones (excluding diaryl/α,β-unsaturated/α-hetero) is 1. The van der Waals surface area contributed by atoms with Gasteiger partial charge in [0.2, 0.25) is 0 Å². The smallest absolute Gasteiger partial charge is 0.277 e. The van der Waals surface area contributed by atoms with Crippen molar-refractivity contribution < 1.29 is 34.0 Å². The predicted octanol–water partition coefficient (Wildman–Crippen LogP) is 3.12. The molecular weight excluding hydrogens is 400 g/mol. The summed E-state index contributed by atoms with van der Waals surface area (Å²) in [5.41, 5.74) is 3.28. The molecule has 7 nitrogen and oxygen atoms in total. The summed E-state index contributed by atoms with van der Waals surface area (Å²) in [7, 11) is 1.46. The van der Waals surface area contributed by atoms with Crippen molar-refractivity contribution in [2.75, 3.05) is 7.11 Å². The van der Waals surface area contributed by atoms with Crippen LogP contribution in [0.3, 0.4) is 0 Å². The number of aromatic hydroxyl groups is 1. The minimum Gasteiger partial charge on any atom is -0.504 e. The van der Waals surface area contributed by atoms with Crippen LogP contribution in [0.4, 0.5) is 0 Å². The van der Waals surface area contributed by atoms with E-state index in [9.17, 15) is 15.0 Å². The quantitative estimate of drug-likeness (QED) is 0.707. The first-order valence-corrected chi connectivity index (χ1v) is 10.9. The van der Waals surface area contributed by atoms with Crippen LogP contribution in [-0.2, 0) is 20.7 Å². The van der Waals surface area contributed by atoms with Crippen LogP contribution in [0.25, 0.3) is 0 Å². The van der Waals surface area contributed by atoms with E-state index in [1.807, 2.05) is 34.6 Å². The molecule has 1 aromatic rings. The highest BCUT2D eigenvalue weighted by Gasteiger charge is 2.72. The van der Waals surface area contributed by atoms with Crippen molar-refractivity contribution in [2.45, 2.75) is 77.7 Å². The molecule has 4 aliphatic rings. The number of fused-ring (bicyclic) bond motifs is 5. The Balaban J connectivity index is 1.75. The summed E-state index contributed by atoms with van der Waals surface area (Å²) in [5, 5.41) is 23.1. The number of hydrogen-bond donors (Lipinski definition) is 2. The van der Waals surface area contributed by atoms with Crippen LogP contribution in [0.5, 0.6) is 17.2 Å². The van der Waals surface area contributed by atoms with Crippen LogP contribution < -0.4 is 9.47 Å². The van der Waals surface area contributed by atoms with Gasteiger partial charge in [-0.25, -0.2) is 0 Å². The Morgan fingerprint density at radius 1 is 1.06 bits per heavy atom. The number of methoxy groups -OCH3 is 1. The number of carbonyl (C=O) groups is 1. The Labute approximate surface area is 181 Å². The Hall–Kier alpha value is -2.09. The maximum Gasteiger partial charge on any atom is 0.277 e. The van der Waals surface area contributed by atoms with E-state index in [1.165, 1.54) is 7.11 Å². The first kappa shape index (κ1) is 20.8. The largest absolute Gasteiger partial charge is 0.504 e. The highest BCUT2D eigenvalue weighted by Crippen LogP contribution is 2.60. The van der Waals surface area contributed by atoms with Crippen molar-refractivity contribution in [1.29, 1.82) is 0 Å². The molecule has 1 aliphatic carbocycles. The molecule has 0 unspecified atom stereocenters. The van der Waals surface area contributed by atoms with Gasteiger partial charge < -0.3 is 29.2 Å². The number of benzene rings is 1. The van der Waals surface area contributed by atoms with Crippen molar-refractivity contribution in [2.24, 2.45) is 11.8 Å². The van der Waals surface area contributed by atoms with Gasteiger partial charge in [-0.05, 0) is 45.3 Å². The lowest BCUT2D eigenvalue weighted by Gasteiger charge is -2.52. The number of carbonyl (C=O) groups excluding carboxylic acids is 1. The average Bonchev–Trinajstić information content (AvgIpc) is 3.18. The molecule has 2 N–H and O–H groups in total. The van der Waals surface area contributed by atoms with E-state index in [4.69, 9.17) is 18.9 Å². The molecule has 0 bridgehead atoms. The molecule has 1 saturated heterocycles. The molecule has 3 heterocycles. The van der Waals surface area contributed by atoms with Crippen LogP contribution in [0.1, 0.15) is 57.2 Å². The minimum atomic E-state index is -2.06. The second-order valence-corrected chi connectivity index (χ2v) is 9.53. The summed E-state index contributed by atoms with van der Waals surface area (Å²) >= 11 is 0. The topological polar surface area (TPSA) is 94.5 Å². The molecule has 168 valence electrons. The van der Waals surface area contributed by atoms with E-state index in [2.05, 4.69) is 0 Å². The third-order valence-corrected chi connectivity index (χ3v) is 8.08. The molecular formula is C24H30O7. The summed E-state index contributed by atoms with van der Waals surface area (Å²) in [4.78, 5) is 13.4. The molecule has 0 aromatic heterocycles. The van der Waals surface area contributed by atoms with E-state index in [1.54, 1.807) is 6.92 Å². The van der Waals surface area contributed by atoms with E-state index in [0.717, 1.165) is 11.1 Å². The fraction of sp³-hybridized carbons (Fsp3) is 0.625. The van der Waals surface area contributed by atoms with Crippen LogP contribution in [0, 0.1) is 18.8 Å². The molecule has 0 radical (unpaired) electrons. The number of phenols is 1. The SMILES string of the molecule is CO[C@@]12O[C@H](C)[C@@H](C)C1=C(C)C(=O)[C@@H]1Cc3c(O)c4c(c(C)c3O[C@]12O)[C@H](C)[C@@H](C)O4. The van der Waals surface area contributed by atoms with Gasteiger partial charge >= 0.3 is 0 Å². The summed E-state index contributed by atoms with van der Waals surface area (Å²) in [5.74, 6) is -4.13. The molecule has 1 aromatic carbocycles. The van der Waals surface area contributed by atoms with Crippen LogP contribution in [0.2, 0.25) is 0 Å². The van der Waals surface area contributed by atoms with Gasteiger partial charge in [-0.2, -0.15) is 0 Å². The molecule has 1 fully saturated rings. The third-order valence-electron chi connectivity index (χ3n) is 8.08. The molecule has 0 spiro atoms. The van der Waals surface area contributed by atoms with Crippen molar-refractivity contribution in [1.82, 2.24) is 0 Å². The lowest BCUT2D eigenvalue weighted by molar-refractivity contribution is -0.364. The third kappa shape index (κ3) is 2.22. The maximum absolute atomic E-state index is 13.4. The summed E-state index contributed by atoms with van der Waals surface area (Å²) in [6.45, 7) is 11.5. The highest BCUT2D eigenvalue weighted by atomic mass is 16.8. The van der Waals surface area contributed by atoms with Crippen LogP contribution in [-0.4, -0.2) is 46.9 Å². The summed E-state index contributed by atoms with van der Waals surface area (Å²) in [6.07, 6.45) is -0.274. The van der Waals surface area contributed by atoms with Gasteiger partial charge in [0, 0.05) is 35.6 Å². The zero-order valence-electron chi connectivity index (χ0n) is 19.0. The number of aliphatic hydroxyl groups is 1. The van der Waals surface area contributed by atoms with Gasteiger partial charge in [0.15, 0.2) is 17.3 Å². The Morgan fingerprint density at radius 3 is 2.39 bits per heavy atom. The minimum absolute atomic E-state index is 0.0189. The van der Waals surface area contributed by atoms with Gasteiger partial charge in [-0.3, -0.25) is 4.79 Å². The lowest BCUT2D eigenvalue weighted by atomic mass is 9.68. The Kier molecular flexibility index (Phi) is 4.19. The van der Waals surface area contributed by atoms with E-state index in [0.29, 0.717) is 28.2 Å². The predicted molar refractivity (Wildman–Crippen MR) is 111 cm³/mol. The van der Waals surface area contributed by atoms with Crippen LogP contribution >= 0.6 is 0 Å². The number of allylic oxidation sites excluding steroid dienone is 1. The molecule has 0 amide bonds. The molecule has 0 saturated carbocycles. The fourth-order valence-electron chi connectivity index (χ4n) is 6.07. The Bertz CT molecular complexity index is 1040. The lowest BCUT2D eigenvalue weighted by Crippen LogP contribution is -2.70. The maximum atomic E-state index is 13.4. The zero-order chi connectivity index (χ0) is 22.6. The first-order chi connectivity index (χ1) is 14.5. The van der Waals surface area contributed by atoms with Gasteiger partial charge in [0.25, 0.3) is 11.6 Å². The second-order valence-electron chi connectivity index (χ2n) is 9.53. The monoisotopic (exact) mass is 430 g/mol. The van der Waals surface area contributed by atoms with E-state index in [-0.39, 0.29) is 42.0 Å². The molecule has 31 heavy (non-hydrogen) atoms. The van der Waals surface area contributed by atoms with Crippen molar-refractivity contribution >= 4 is 5.78 Å². The van der Waals surface area contributed by atoms with Crippen LogP contribution in [0.15, 0.2) is 11.1 Å². The summed E-state index contributed by atoms with van der Waals surface area (Å²) in [6, 6.07) is 0. The van der Waals surface area contributed by atoms with Crippen molar-refractivity contribution in [3.8, 4) is 17.2 Å². The number of ketones is 1. The number of phenolic OH excluding ortho intramolecular Hbond substituents is 1. The number of ether oxygens (including phenoxy) is 4. The van der Waals surface area contributed by atoms with Gasteiger partial charge in [-0.1, -0.05) is 13.8 Å². The highest BCUT2D eigenvalue weighted by molar-refractivity contribution is 6.00. The van der Waals surface area contributed by atoms with Gasteiger partial charge in [-0.15, -0.1) is 0 Å². The zero-order valence-corrected chi connectivity index (χ0v) is 19.0. The molecule has 5 rings (SSSR count). The first-order valence-electron chi connectivity index (χ1n) is 10.9. The summed E-state index contributed by atoms with van der Waals surface area (Å²) < 4.78 is 24.3. The molecule has 3 aliphatic heterocycles.